The van der Waals surface area contributed by atoms with Crippen LogP contribution in [0.5, 0.6) is 0 Å². The van der Waals surface area contributed by atoms with E-state index >= 15 is 0 Å². The fourth-order valence-corrected chi connectivity index (χ4v) is 4.38. The summed E-state index contributed by atoms with van der Waals surface area (Å²) in [6.45, 7) is 6.23. The topological polar surface area (TPSA) is 52.2 Å². The van der Waals surface area contributed by atoms with Crippen molar-refractivity contribution in [1.82, 2.24) is 4.57 Å². The van der Waals surface area contributed by atoms with E-state index in [1.165, 1.54) is 0 Å². The number of rotatable bonds is 0. The quantitative estimate of drug-likeness (QED) is 0.323. The van der Waals surface area contributed by atoms with Crippen molar-refractivity contribution in [3.05, 3.63) is 69.4 Å². The third-order valence-corrected chi connectivity index (χ3v) is 5.58. The average Bonchev–Trinajstić information content (AvgIpc) is 3.14. The second kappa shape index (κ2) is 5.20. The number of fused-ring (bicyclic) bond motifs is 6. The lowest BCUT2D eigenvalue weighted by Gasteiger charge is -2.22. The maximum atomic E-state index is 13.3. The summed E-state index contributed by atoms with van der Waals surface area (Å²) in [6.07, 6.45) is 0. The van der Waals surface area contributed by atoms with Gasteiger partial charge in [0.05, 0.1) is 16.5 Å². The van der Waals surface area contributed by atoms with Crippen LogP contribution in [0.4, 0.5) is 0 Å². The summed E-state index contributed by atoms with van der Waals surface area (Å²) in [4.78, 5) is 26.3. The molecule has 0 radical (unpaired) electrons. The van der Waals surface area contributed by atoms with Crippen LogP contribution in [0, 0.1) is 0 Å². The van der Waals surface area contributed by atoms with Gasteiger partial charge in [-0.15, -0.1) is 0 Å². The Morgan fingerprint density at radius 1 is 0.963 bits per heavy atom. The molecule has 0 saturated heterocycles. The molecular weight excluding hydrogens is 406 g/mol. The van der Waals surface area contributed by atoms with Gasteiger partial charge in [-0.1, -0.05) is 40.2 Å². The van der Waals surface area contributed by atoms with E-state index < -0.39 is 0 Å². The van der Waals surface area contributed by atoms with E-state index in [-0.39, 0.29) is 22.9 Å². The Balaban J connectivity index is 1.99. The second-order valence-corrected chi connectivity index (χ2v) is 8.77. The molecule has 4 nitrogen and oxygen atoms in total. The average molecular weight is 422 g/mol. The van der Waals surface area contributed by atoms with Crippen molar-refractivity contribution in [1.29, 1.82) is 0 Å². The van der Waals surface area contributed by atoms with Crippen LogP contribution >= 0.6 is 15.9 Å². The fourth-order valence-electron chi connectivity index (χ4n) is 4.02. The lowest BCUT2D eigenvalue weighted by Crippen LogP contribution is -2.21. The molecule has 0 atom stereocenters. The molecule has 0 saturated carbocycles. The molecule has 27 heavy (non-hydrogen) atoms. The highest BCUT2D eigenvalue weighted by molar-refractivity contribution is 9.10. The lowest BCUT2D eigenvalue weighted by atomic mass is 9.87. The first-order valence-corrected chi connectivity index (χ1v) is 9.53. The number of halogens is 1. The number of ketones is 2. The van der Waals surface area contributed by atoms with Crippen LogP contribution < -0.4 is 0 Å². The standard InChI is InChI=1S/C22H16BrNO3/c1-22(2,3)24-15-9-8-11(23)10-14(15)16-17-18(25)12-6-4-5-7-13(12)19(26)20(17)27-21(16)24/h4-10H,1-3H3. The van der Waals surface area contributed by atoms with Gasteiger partial charge < -0.3 is 8.98 Å². The Morgan fingerprint density at radius 3 is 2.30 bits per heavy atom. The van der Waals surface area contributed by atoms with Crippen LogP contribution in [0.25, 0.3) is 22.0 Å². The number of nitrogens with zero attached hydrogens (tertiary/aromatic N) is 1. The molecule has 0 bridgehead atoms. The van der Waals surface area contributed by atoms with Crippen molar-refractivity contribution in [2.75, 3.05) is 0 Å². The largest absolute Gasteiger partial charge is 0.435 e. The molecule has 134 valence electrons. The van der Waals surface area contributed by atoms with E-state index in [2.05, 4.69) is 41.3 Å². The van der Waals surface area contributed by atoms with Gasteiger partial charge in [0.15, 0.2) is 11.5 Å². The van der Waals surface area contributed by atoms with E-state index in [0.717, 1.165) is 15.4 Å². The monoisotopic (exact) mass is 421 g/mol. The van der Waals surface area contributed by atoms with E-state index in [0.29, 0.717) is 27.8 Å². The Morgan fingerprint density at radius 2 is 1.63 bits per heavy atom. The molecular formula is C22H16BrNO3. The predicted octanol–water partition coefficient (Wildman–Crippen LogP) is 5.68. The summed E-state index contributed by atoms with van der Waals surface area (Å²) in [6, 6.07) is 12.9. The molecule has 2 aromatic heterocycles. The van der Waals surface area contributed by atoms with Gasteiger partial charge in [0.2, 0.25) is 11.5 Å². The molecule has 0 aliphatic heterocycles. The minimum absolute atomic E-state index is 0.142. The van der Waals surface area contributed by atoms with Gasteiger partial charge in [-0.2, -0.15) is 0 Å². The molecule has 5 heteroatoms. The third kappa shape index (κ3) is 2.09. The Hall–Kier alpha value is -2.66. The number of furan rings is 1. The maximum Gasteiger partial charge on any atom is 0.229 e. The molecule has 5 rings (SSSR count). The summed E-state index contributed by atoms with van der Waals surface area (Å²) in [5.74, 6) is -0.254. The van der Waals surface area contributed by atoms with Crippen LogP contribution in [0.2, 0.25) is 0 Å². The van der Waals surface area contributed by atoms with Gasteiger partial charge in [-0.05, 0) is 39.0 Å². The molecule has 0 fully saturated rings. The van der Waals surface area contributed by atoms with Crippen molar-refractivity contribution >= 4 is 49.5 Å². The minimum atomic E-state index is -0.285. The molecule has 0 amide bonds. The van der Waals surface area contributed by atoms with Gasteiger partial charge in [0.1, 0.15) is 0 Å². The van der Waals surface area contributed by atoms with E-state index in [1.54, 1.807) is 24.3 Å². The molecule has 0 spiro atoms. The fraction of sp³-hybridized carbons (Fsp3) is 0.182. The maximum absolute atomic E-state index is 13.3. The summed E-state index contributed by atoms with van der Waals surface area (Å²) in [5, 5.41) is 1.61. The van der Waals surface area contributed by atoms with Crippen LogP contribution in [-0.2, 0) is 5.54 Å². The number of hydrogen-bond acceptors (Lipinski definition) is 3. The van der Waals surface area contributed by atoms with Gasteiger partial charge in [0.25, 0.3) is 0 Å². The molecule has 0 N–H and O–H groups in total. The predicted molar refractivity (Wildman–Crippen MR) is 108 cm³/mol. The van der Waals surface area contributed by atoms with Gasteiger partial charge >= 0.3 is 0 Å². The highest BCUT2D eigenvalue weighted by Gasteiger charge is 2.38. The van der Waals surface area contributed by atoms with Crippen molar-refractivity contribution in [3.63, 3.8) is 0 Å². The third-order valence-electron chi connectivity index (χ3n) is 5.08. The van der Waals surface area contributed by atoms with Crippen LogP contribution in [0.15, 0.2) is 51.4 Å². The molecule has 0 unspecified atom stereocenters. The zero-order valence-electron chi connectivity index (χ0n) is 15.1. The highest BCUT2D eigenvalue weighted by Crippen LogP contribution is 2.43. The number of hydrogen-bond donors (Lipinski definition) is 0. The van der Waals surface area contributed by atoms with E-state index in [4.69, 9.17) is 4.42 Å². The number of aromatic nitrogens is 1. The zero-order valence-corrected chi connectivity index (χ0v) is 16.7. The summed E-state index contributed by atoms with van der Waals surface area (Å²) < 4.78 is 9.06. The Labute approximate surface area is 163 Å². The Bertz CT molecular complexity index is 1300. The van der Waals surface area contributed by atoms with Crippen LogP contribution in [0.1, 0.15) is 52.8 Å². The summed E-state index contributed by atoms with van der Waals surface area (Å²) in [5.41, 5.74) is 2.47. The molecule has 2 aromatic carbocycles. The van der Waals surface area contributed by atoms with Gasteiger partial charge in [0, 0.05) is 26.5 Å². The molecule has 2 heterocycles. The van der Waals surface area contributed by atoms with E-state index in [1.807, 2.05) is 18.2 Å². The zero-order chi connectivity index (χ0) is 19.1. The number of carbonyl (C=O) groups excluding carboxylic acids is 2. The molecule has 1 aliphatic rings. The normalized spacial score (nSPS) is 14.1. The first-order chi connectivity index (χ1) is 12.8. The SMILES string of the molecule is CC(C)(C)n1c2ccc(Br)cc2c2c3c(oc21)C(=O)c1ccccc1C3=O. The van der Waals surface area contributed by atoms with Gasteiger partial charge in [-0.3, -0.25) is 9.59 Å². The van der Waals surface area contributed by atoms with Crippen molar-refractivity contribution in [2.45, 2.75) is 26.3 Å². The molecule has 1 aliphatic carbocycles. The minimum Gasteiger partial charge on any atom is -0.435 e. The first kappa shape index (κ1) is 16.5. The molecule has 4 aromatic rings. The van der Waals surface area contributed by atoms with Gasteiger partial charge in [-0.25, -0.2) is 0 Å². The van der Waals surface area contributed by atoms with Crippen LogP contribution in [-0.4, -0.2) is 16.1 Å². The van der Waals surface area contributed by atoms with Crippen molar-refractivity contribution < 1.29 is 14.0 Å². The smallest absolute Gasteiger partial charge is 0.229 e. The van der Waals surface area contributed by atoms with Crippen LogP contribution in [0.3, 0.4) is 0 Å². The first-order valence-electron chi connectivity index (χ1n) is 8.74. The number of carbonyl (C=O) groups is 2. The summed E-state index contributed by atoms with van der Waals surface area (Å²) in [7, 11) is 0. The Kier molecular flexibility index (Phi) is 3.18. The second-order valence-electron chi connectivity index (χ2n) is 7.86. The van der Waals surface area contributed by atoms with Crippen molar-refractivity contribution in [2.24, 2.45) is 0 Å². The lowest BCUT2D eigenvalue weighted by molar-refractivity contribution is 0.0961. The van der Waals surface area contributed by atoms with E-state index in [9.17, 15) is 9.59 Å². The van der Waals surface area contributed by atoms with Crippen molar-refractivity contribution in [3.8, 4) is 0 Å². The number of benzene rings is 2. The summed E-state index contributed by atoms with van der Waals surface area (Å²) >= 11 is 3.52. The highest BCUT2D eigenvalue weighted by atomic mass is 79.9.